The highest BCUT2D eigenvalue weighted by Gasteiger charge is 2.26. The highest BCUT2D eigenvalue weighted by Crippen LogP contribution is 2.35. The maximum Gasteiger partial charge on any atom is 0.269 e. The number of non-ortho nitro benzene ring substituents is 1. The second kappa shape index (κ2) is 11.0. The fourth-order valence-corrected chi connectivity index (χ4v) is 4.56. The molecule has 0 radical (unpaired) electrons. The summed E-state index contributed by atoms with van der Waals surface area (Å²) in [6, 6.07) is 15.1. The number of aldehydes is 1. The van der Waals surface area contributed by atoms with Gasteiger partial charge in [0, 0.05) is 22.4 Å². The molecule has 0 heterocycles. The molecule has 0 aliphatic carbocycles. The third-order valence-electron chi connectivity index (χ3n) is 5.33. The average molecular weight is 400 g/mol. The monoisotopic (exact) mass is 399 g/mol. The summed E-state index contributed by atoms with van der Waals surface area (Å²) in [7, 11) is 0. The number of thioether (sulfide) groups is 1. The number of nitro groups is 1. The van der Waals surface area contributed by atoms with E-state index in [1.807, 2.05) is 36.4 Å². The average Bonchev–Trinajstić information content (AvgIpc) is 2.72. The Kier molecular flexibility index (Phi) is 8.71. The van der Waals surface area contributed by atoms with Gasteiger partial charge in [-0.05, 0) is 48.6 Å². The molecule has 5 heteroatoms. The first-order chi connectivity index (χ1) is 13.5. The molecule has 2 aromatic carbocycles. The van der Waals surface area contributed by atoms with Gasteiger partial charge >= 0.3 is 0 Å². The smallest absolute Gasteiger partial charge is 0.269 e. The fourth-order valence-electron chi connectivity index (χ4n) is 3.35. The van der Waals surface area contributed by atoms with Gasteiger partial charge in [-0.3, -0.25) is 10.1 Å². The van der Waals surface area contributed by atoms with Crippen molar-refractivity contribution >= 4 is 23.7 Å². The maximum absolute atomic E-state index is 11.7. The summed E-state index contributed by atoms with van der Waals surface area (Å²) in [6.45, 7) is 4.23. The Balaban J connectivity index is 2.15. The number of benzene rings is 2. The molecular weight excluding hydrogens is 370 g/mol. The number of rotatable bonds is 12. The van der Waals surface area contributed by atoms with Gasteiger partial charge in [0.1, 0.15) is 6.29 Å². The molecular formula is C23H29NO3S. The minimum atomic E-state index is -0.345. The molecule has 150 valence electrons. The highest BCUT2D eigenvalue weighted by molar-refractivity contribution is 7.99. The molecule has 0 amide bonds. The van der Waals surface area contributed by atoms with Gasteiger partial charge in [0.25, 0.3) is 5.69 Å². The molecule has 0 aliphatic heterocycles. The van der Waals surface area contributed by atoms with E-state index in [1.54, 1.807) is 23.9 Å². The molecule has 0 spiro atoms. The van der Waals surface area contributed by atoms with Crippen LogP contribution in [-0.4, -0.2) is 17.0 Å². The zero-order valence-electron chi connectivity index (χ0n) is 16.7. The molecule has 28 heavy (non-hydrogen) atoms. The van der Waals surface area contributed by atoms with Crippen molar-refractivity contribution in [2.45, 2.75) is 57.3 Å². The second-order valence-corrected chi connectivity index (χ2v) is 8.38. The number of hydrogen-bond acceptors (Lipinski definition) is 4. The number of hydrogen-bond donors (Lipinski definition) is 0. The molecule has 0 bridgehead atoms. The van der Waals surface area contributed by atoms with Crippen LogP contribution in [0.4, 0.5) is 5.69 Å². The Labute approximate surface area is 171 Å². The molecule has 4 nitrogen and oxygen atoms in total. The summed E-state index contributed by atoms with van der Waals surface area (Å²) in [5.74, 6) is 0.829. The lowest BCUT2D eigenvalue weighted by molar-refractivity contribution is -0.385. The first-order valence-electron chi connectivity index (χ1n) is 9.94. The van der Waals surface area contributed by atoms with E-state index in [-0.39, 0.29) is 16.0 Å². The van der Waals surface area contributed by atoms with Gasteiger partial charge in [0.2, 0.25) is 0 Å². The normalized spacial score (nSPS) is 13.1. The summed E-state index contributed by atoms with van der Waals surface area (Å²) in [5.41, 5.74) is 1.97. The van der Waals surface area contributed by atoms with Gasteiger partial charge in [-0.15, -0.1) is 11.8 Å². The van der Waals surface area contributed by atoms with Crippen LogP contribution in [0.3, 0.4) is 0 Å². The topological polar surface area (TPSA) is 60.2 Å². The number of nitrogens with zero attached hydrogens (tertiary/aromatic N) is 1. The van der Waals surface area contributed by atoms with Crippen LogP contribution < -0.4 is 0 Å². The van der Waals surface area contributed by atoms with Crippen molar-refractivity contribution in [3.05, 3.63) is 69.8 Å². The summed E-state index contributed by atoms with van der Waals surface area (Å²) < 4.78 is 0. The minimum absolute atomic E-state index is 0.119. The molecule has 1 atom stereocenters. The van der Waals surface area contributed by atoms with Crippen LogP contribution in [0.1, 0.15) is 57.1 Å². The van der Waals surface area contributed by atoms with Crippen molar-refractivity contribution in [1.29, 1.82) is 0 Å². The Hall–Kier alpha value is -2.14. The summed E-state index contributed by atoms with van der Waals surface area (Å²) in [4.78, 5) is 23.7. The van der Waals surface area contributed by atoms with Crippen LogP contribution in [0.15, 0.2) is 53.4 Å². The van der Waals surface area contributed by atoms with Gasteiger partial charge in [-0.25, -0.2) is 0 Å². The highest BCUT2D eigenvalue weighted by atomic mass is 32.2. The maximum atomic E-state index is 11.7. The Morgan fingerprint density at radius 2 is 1.86 bits per heavy atom. The number of nitro benzene ring substituents is 1. The van der Waals surface area contributed by atoms with Crippen molar-refractivity contribution in [1.82, 2.24) is 0 Å². The molecule has 1 unspecified atom stereocenters. The molecule has 0 aliphatic rings. The summed E-state index contributed by atoms with van der Waals surface area (Å²) in [5, 5.41) is 11.2. The lowest BCUT2D eigenvalue weighted by atomic mass is 9.79. The van der Waals surface area contributed by atoms with Gasteiger partial charge < -0.3 is 4.79 Å². The lowest BCUT2D eigenvalue weighted by Crippen LogP contribution is -2.22. The molecule has 0 N–H and O–H groups in total. The largest absolute Gasteiger partial charge is 0.303 e. The molecule has 0 saturated carbocycles. The van der Waals surface area contributed by atoms with Gasteiger partial charge in [0.15, 0.2) is 0 Å². The fraction of sp³-hybridized carbons (Fsp3) is 0.435. The lowest BCUT2D eigenvalue weighted by Gasteiger charge is -2.26. The van der Waals surface area contributed by atoms with Crippen LogP contribution in [0.2, 0.25) is 0 Å². The SMILES string of the molecule is CCCCC(C=O)(CC)CCSc1ccc([N+](=O)[O-])cc1Cc1ccccc1. The van der Waals surface area contributed by atoms with E-state index in [2.05, 4.69) is 13.8 Å². The van der Waals surface area contributed by atoms with E-state index < -0.39 is 0 Å². The molecule has 0 aromatic heterocycles. The van der Waals surface area contributed by atoms with Crippen LogP contribution >= 0.6 is 11.8 Å². The van der Waals surface area contributed by atoms with Crippen LogP contribution in [-0.2, 0) is 11.2 Å². The molecule has 0 saturated heterocycles. The predicted molar refractivity (Wildman–Crippen MR) is 116 cm³/mol. The first-order valence-corrected chi connectivity index (χ1v) is 10.9. The van der Waals surface area contributed by atoms with Crippen molar-refractivity contribution < 1.29 is 9.72 Å². The second-order valence-electron chi connectivity index (χ2n) is 7.25. The zero-order valence-corrected chi connectivity index (χ0v) is 17.5. The van der Waals surface area contributed by atoms with Crippen molar-refractivity contribution in [3.63, 3.8) is 0 Å². The van der Waals surface area contributed by atoms with Crippen molar-refractivity contribution in [2.75, 3.05) is 5.75 Å². The Bertz CT molecular complexity index is 779. The van der Waals surface area contributed by atoms with E-state index in [9.17, 15) is 14.9 Å². The molecule has 0 fully saturated rings. The van der Waals surface area contributed by atoms with E-state index in [1.165, 1.54) is 0 Å². The third-order valence-corrected chi connectivity index (χ3v) is 6.45. The predicted octanol–water partition coefficient (Wildman–Crippen LogP) is 6.45. The van der Waals surface area contributed by atoms with Crippen LogP contribution in [0, 0.1) is 15.5 Å². The molecule has 2 aromatic rings. The molecule has 2 rings (SSSR count). The van der Waals surface area contributed by atoms with Crippen molar-refractivity contribution in [3.8, 4) is 0 Å². The van der Waals surface area contributed by atoms with E-state index in [4.69, 9.17) is 0 Å². The first kappa shape index (κ1) is 22.2. The zero-order chi connectivity index (χ0) is 20.4. The Morgan fingerprint density at radius 3 is 2.46 bits per heavy atom. The van der Waals surface area contributed by atoms with Gasteiger partial charge in [0.05, 0.1) is 4.92 Å². The van der Waals surface area contributed by atoms with Gasteiger partial charge in [-0.2, -0.15) is 0 Å². The number of carbonyl (C=O) groups excluding carboxylic acids is 1. The van der Waals surface area contributed by atoms with Crippen LogP contribution in [0.25, 0.3) is 0 Å². The number of unbranched alkanes of at least 4 members (excludes halogenated alkanes) is 1. The number of carbonyl (C=O) groups is 1. The van der Waals surface area contributed by atoms with E-state index in [0.717, 1.165) is 60.2 Å². The Morgan fingerprint density at radius 1 is 1.11 bits per heavy atom. The quantitative estimate of drug-likeness (QED) is 0.178. The van der Waals surface area contributed by atoms with Crippen molar-refractivity contribution in [2.24, 2.45) is 5.41 Å². The summed E-state index contributed by atoms with van der Waals surface area (Å²) >= 11 is 1.70. The minimum Gasteiger partial charge on any atom is -0.303 e. The van der Waals surface area contributed by atoms with E-state index in [0.29, 0.717) is 6.42 Å². The third kappa shape index (κ3) is 6.20. The summed E-state index contributed by atoms with van der Waals surface area (Å²) in [6.07, 6.45) is 6.58. The standard InChI is InChI=1S/C23H29NO3S/c1-3-5-13-23(4-2,18-25)14-15-28-22-12-11-21(24(26)27)17-20(22)16-19-9-7-6-8-10-19/h6-12,17-18H,3-5,13-16H2,1-2H3. The van der Waals surface area contributed by atoms with Crippen LogP contribution in [0.5, 0.6) is 0 Å². The van der Waals surface area contributed by atoms with Gasteiger partial charge in [-0.1, -0.05) is 57.0 Å². The van der Waals surface area contributed by atoms with E-state index >= 15 is 0 Å².